The first kappa shape index (κ1) is 22.7. The van der Waals surface area contributed by atoms with Crippen LogP contribution in [0.4, 0.5) is 0 Å². The number of nitrogens with zero attached hydrogens (tertiary/aromatic N) is 3. The van der Waals surface area contributed by atoms with Gasteiger partial charge in [-0.05, 0) is 48.6 Å². The Morgan fingerprint density at radius 3 is 2.45 bits per heavy atom. The molecule has 2 aromatic carbocycles. The number of nitrogens with two attached hydrogens (primary N) is 1. The molecule has 0 bridgehead atoms. The number of nitrogen functional groups attached to an aromatic ring is 1. The van der Waals surface area contributed by atoms with Crippen molar-refractivity contribution in [2.24, 2.45) is 5.92 Å². The number of thioether (sulfide) groups is 1. The van der Waals surface area contributed by atoms with E-state index in [0.717, 1.165) is 22.4 Å². The highest BCUT2D eigenvalue weighted by molar-refractivity contribution is 7.99. The summed E-state index contributed by atoms with van der Waals surface area (Å²) in [5.74, 6) is 7.75. The Balaban J connectivity index is 1.56. The molecule has 7 nitrogen and oxygen atoms in total. The van der Waals surface area contributed by atoms with Crippen LogP contribution < -0.4 is 15.9 Å². The molecule has 0 spiro atoms. The lowest BCUT2D eigenvalue weighted by molar-refractivity contribution is -0.119. The molecular formula is C23H29N5O2S. The smallest absolute Gasteiger partial charge is 0.230 e. The fraction of sp³-hybridized carbons (Fsp3) is 0.348. The molecule has 3 rings (SSSR count). The number of rotatable bonds is 9. The fourth-order valence-corrected chi connectivity index (χ4v) is 4.00. The average Bonchev–Trinajstić information content (AvgIpc) is 3.08. The number of hydrogen-bond acceptors (Lipinski definition) is 6. The van der Waals surface area contributed by atoms with Gasteiger partial charge in [-0.3, -0.25) is 4.79 Å². The summed E-state index contributed by atoms with van der Waals surface area (Å²) in [4.78, 5) is 12.5. The van der Waals surface area contributed by atoms with Gasteiger partial charge in [0.05, 0.1) is 11.8 Å². The zero-order valence-electron chi connectivity index (χ0n) is 18.3. The minimum atomic E-state index is -0.0800. The Bertz CT molecular complexity index is 1000. The highest BCUT2D eigenvalue weighted by Gasteiger charge is 2.19. The van der Waals surface area contributed by atoms with Crippen LogP contribution in [0.1, 0.15) is 42.4 Å². The average molecular weight is 440 g/mol. The highest BCUT2D eigenvalue weighted by atomic mass is 32.2. The van der Waals surface area contributed by atoms with Crippen LogP contribution in [0.2, 0.25) is 0 Å². The van der Waals surface area contributed by atoms with Crippen LogP contribution in [-0.4, -0.2) is 26.5 Å². The number of carbonyl (C=O) groups excluding carboxylic acids is 1. The van der Waals surface area contributed by atoms with Crippen LogP contribution in [0.3, 0.4) is 0 Å². The maximum atomic E-state index is 12.5. The van der Waals surface area contributed by atoms with E-state index in [2.05, 4.69) is 35.4 Å². The number of aryl methyl sites for hydroxylation is 2. The van der Waals surface area contributed by atoms with Gasteiger partial charge in [-0.2, -0.15) is 0 Å². The SMILES string of the molecule is Cc1cc(C)cc(OCc2nnc(SCC(=O)NC(c3ccccc3)C(C)C)n2N)c1. The Morgan fingerprint density at radius 1 is 1.13 bits per heavy atom. The van der Waals surface area contributed by atoms with Gasteiger partial charge in [0.25, 0.3) is 0 Å². The zero-order valence-corrected chi connectivity index (χ0v) is 19.1. The molecule has 1 unspecified atom stereocenters. The zero-order chi connectivity index (χ0) is 22.4. The molecule has 1 heterocycles. The number of ether oxygens (including phenoxy) is 1. The fourth-order valence-electron chi connectivity index (χ4n) is 3.31. The van der Waals surface area contributed by atoms with Gasteiger partial charge in [0, 0.05) is 0 Å². The molecule has 0 fully saturated rings. The second kappa shape index (κ2) is 10.3. The van der Waals surface area contributed by atoms with E-state index >= 15 is 0 Å². The summed E-state index contributed by atoms with van der Waals surface area (Å²) in [5, 5.41) is 11.8. The molecule has 0 saturated carbocycles. The number of carbonyl (C=O) groups is 1. The maximum Gasteiger partial charge on any atom is 0.230 e. The van der Waals surface area contributed by atoms with Gasteiger partial charge >= 0.3 is 0 Å². The monoisotopic (exact) mass is 439 g/mol. The van der Waals surface area contributed by atoms with Crippen molar-refractivity contribution in [1.29, 1.82) is 0 Å². The lowest BCUT2D eigenvalue weighted by Crippen LogP contribution is -2.33. The number of benzene rings is 2. The summed E-state index contributed by atoms with van der Waals surface area (Å²) in [6.45, 7) is 8.41. The number of aromatic nitrogens is 3. The summed E-state index contributed by atoms with van der Waals surface area (Å²) in [5.41, 5.74) is 3.34. The predicted molar refractivity (Wildman–Crippen MR) is 123 cm³/mol. The lowest BCUT2D eigenvalue weighted by atomic mass is 9.96. The Kier molecular flexibility index (Phi) is 7.57. The number of amides is 1. The molecule has 3 N–H and O–H groups in total. The molecule has 164 valence electrons. The Hall–Kier alpha value is -3.00. The minimum Gasteiger partial charge on any atom is -0.486 e. The number of nitrogens with one attached hydrogen (secondary N) is 1. The minimum absolute atomic E-state index is 0.0493. The summed E-state index contributed by atoms with van der Waals surface area (Å²) < 4.78 is 7.18. The van der Waals surface area contributed by atoms with Gasteiger partial charge in [0.1, 0.15) is 12.4 Å². The van der Waals surface area contributed by atoms with Gasteiger partial charge in [0.15, 0.2) is 5.82 Å². The molecular weight excluding hydrogens is 410 g/mol. The van der Waals surface area contributed by atoms with Crippen LogP contribution in [0.15, 0.2) is 53.7 Å². The van der Waals surface area contributed by atoms with Crippen molar-refractivity contribution in [2.75, 3.05) is 11.6 Å². The topological polar surface area (TPSA) is 95.1 Å². The Morgan fingerprint density at radius 2 is 1.81 bits per heavy atom. The molecule has 8 heteroatoms. The van der Waals surface area contributed by atoms with Gasteiger partial charge in [-0.15, -0.1) is 10.2 Å². The second-order valence-corrected chi connectivity index (χ2v) is 8.81. The normalized spacial score (nSPS) is 12.0. The van der Waals surface area contributed by atoms with Gasteiger partial charge in [0.2, 0.25) is 11.1 Å². The van der Waals surface area contributed by atoms with E-state index in [1.165, 1.54) is 16.4 Å². The molecule has 0 saturated heterocycles. The molecule has 1 amide bonds. The molecule has 0 aliphatic carbocycles. The van der Waals surface area contributed by atoms with Crippen molar-refractivity contribution >= 4 is 17.7 Å². The van der Waals surface area contributed by atoms with Crippen molar-refractivity contribution < 1.29 is 9.53 Å². The predicted octanol–water partition coefficient (Wildman–Crippen LogP) is 3.79. The quantitative estimate of drug-likeness (QED) is 0.389. The van der Waals surface area contributed by atoms with Crippen LogP contribution in [0.25, 0.3) is 0 Å². The van der Waals surface area contributed by atoms with Gasteiger partial charge in [-0.1, -0.05) is 62.0 Å². The molecule has 1 aromatic heterocycles. The van der Waals surface area contributed by atoms with Gasteiger partial charge < -0.3 is 15.9 Å². The Labute approximate surface area is 187 Å². The third kappa shape index (κ3) is 6.24. The summed E-state index contributed by atoms with van der Waals surface area (Å²) in [6.07, 6.45) is 0. The van der Waals surface area contributed by atoms with E-state index in [0.29, 0.717) is 11.0 Å². The van der Waals surface area contributed by atoms with Crippen LogP contribution in [0.5, 0.6) is 5.75 Å². The van der Waals surface area contributed by atoms with E-state index in [1.54, 1.807) is 0 Å². The molecule has 0 radical (unpaired) electrons. The molecule has 3 aromatic rings. The van der Waals surface area contributed by atoms with Crippen molar-refractivity contribution in [1.82, 2.24) is 20.2 Å². The van der Waals surface area contributed by atoms with E-state index in [1.807, 2.05) is 56.3 Å². The molecule has 0 aliphatic rings. The first-order chi connectivity index (χ1) is 14.8. The van der Waals surface area contributed by atoms with Crippen molar-refractivity contribution in [3.05, 3.63) is 71.0 Å². The standard InChI is InChI=1S/C23H29N5O2S/c1-15(2)22(18-8-6-5-7-9-18)25-21(29)14-31-23-27-26-20(28(23)24)13-30-19-11-16(3)10-17(4)12-19/h5-12,15,22H,13-14,24H2,1-4H3,(H,25,29). The maximum absolute atomic E-state index is 12.5. The number of hydrogen-bond donors (Lipinski definition) is 2. The van der Waals surface area contributed by atoms with Crippen LogP contribution in [0, 0.1) is 19.8 Å². The van der Waals surface area contributed by atoms with E-state index in [4.69, 9.17) is 10.6 Å². The lowest BCUT2D eigenvalue weighted by Gasteiger charge is -2.22. The molecule has 1 atom stereocenters. The van der Waals surface area contributed by atoms with Crippen molar-refractivity contribution in [3.63, 3.8) is 0 Å². The van der Waals surface area contributed by atoms with E-state index in [9.17, 15) is 4.79 Å². The summed E-state index contributed by atoms with van der Waals surface area (Å²) in [6, 6.07) is 15.9. The first-order valence-electron chi connectivity index (χ1n) is 10.2. The van der Waals surface area contributed by atoms with E-state index in [-0.39, 0.29) is 30.2 Å². The summed E-state index contributed by atoms with van der Waals surface area (Å²) >= 11 is 1.25. The van der Waals surface area contributed by atoms with Crippen molar-refractivity contribution in [3.8, 4) is 5.75 Å². The van der Waals surface area contributed by atoms with E-state index < -0.39 is 0 Å². The summed E-state index contributed by atoms with van der Waals surface area (Å²) in [7, 11) is 0. The molecule has 0 aliphatic heterocycles. The first-order valence-corrected chi connectivity index (χ1v) is 11.2. The highest BCUT2D eigenvalue weighted by Crippen LogP contribution is 2.22. The van der Waals surface area contributed by atoms with Crippen molar-refractivity contribution in [2.45, 2.75) is 45.5 Å². The third-order valence-electron chi connectivity index (χ3n) is 4.77. The van der Waals surface area contributed by atoms with Gasteiger partial charge in [-0.25, -0.2) is 4.68 Å². The third-order valence-corrected chi connectivity index (χ3v) is 5.72. The largest absolute Gasteiger partial charge is 0.486 e. The molecule has 31 heavy (non-hydrogen) atoms. The van der Waals surface area contributed by atoms with Crippen LogP contribution >= 0.6 is 11.8 Å². The second-order valence-electron chi connectivity index (χ2n) is 7.87. The van der Waals surface area contributed by atoms with Crippen LogP contribution in [-0.2, 0) is 11.4 Å².